The van der Waals surface area contributed by atoms with Gasteiger partial charge in [-0.15, -0.1) is 0 Å². The molecule has 0 aromatic heterocycles. The van der Waals surface area contributed by atoms with Crippen LogP contribution in [0.5, 0.6) is 0 Å². The Morgan fingerprint density at radius 3 is 1.67 bits per heavy atom. The van der Waals surface area contributed by atoms with E-state index in [-0.39, 0.29) is 0 Å². The number of carboxylic acid groups (broad SMARTS) is 2. The molecule has 0 aliphatic carbocycles. The summed E-state index contributed by atoms with van der Waals surface area (Å²) in [6, 6.07) is 0. The molecule has 0 aliphatic heterocycles. The van der Waals surface area contributed by atoms with Gasteiger partial charge in [0, 0.05) is 5.92 Å². The first kappa shape index (κ1) is 16.5. The summed E-state index contributed by atoms with van der Waals surface area (Å²) in [4.78, 5) is 22.3. The Labute approximate surface area is 104 Å². The van der Waals surface area contributed by atoms with Crippen molar-refractivity contribution in [1.29, 1.82) is 0 Å². The van der Waals surface area contributed by atoms with Crippen LogP contribution < -0.4 is 0 Å². The Bertz CT molecular complexity index is 342. The van der Waals surface area contributed by atoms with Gasteiger partial charge < -0.3 is 10.2 Å². The summed E-state index contributed by atoms with van der Waals surface area (Å²) in [5.74, 6) is -5.38. The summed E-state index contributed by atoms with van der Waals surface area (Å²) in [6.07, 6.45) is -0.902. The lowest BCUT2D eigenvalue weighted by atomic mass is 9.63. The van der Waals surface area contributed by atoms with Crippen molar-refractivity contribution in [3.05, 3.63) is 12.2 Å². The molecule has 2 N–H and O–H groups in total. The molecule has 0 saturated heterocycles. The average molecular weight is 264 g/mol. The topological polar surface area (TPSA) is 74.6 Å². The van der Waals surface area contributed by atoms with Gasteiger partial charge in [0.15, 0.2) is 0 Å². The van der Waals surface area contributed by atoms with Gasteiger partial charge in [0.05, 0.1) is 0 Å². The van der Waals surface area contributed by atoms with Crippen LogP contribution in [0, 0.1) is 16.7 Å². The van der Waals surface area contributed by atoms with Crippen LogP contribution in [0.25, 0.3) is 0 Å². The van der Waals surface area contributed by atoms with E-state index in [0.29, 0.717) is 0 Å². The number of allylic oxidation sites excluding steroid dienone is 2. The number of carbonyl (C=O) groups is 2. The number of aliphatic carboxylic acids is 2. The molecule has 6 heteroatoms. The molecule has 1 atom stereocenters. The van der Waals surface area contributed by atoms with Crippen molar-refractivity contribution < 1.29 is 28.6 Å². The Balaban J connectivity index is 6.12. The maximum Gasteiger partial charge on any atom is 0.327 e. The largest absolute Gasteiger partial charge is 0.480 e. The number of carboxylic acids is 2. The fourth-order valence-corrected chi connectivity index (χ4v) is 2.00. The van der Waals surface area contributed by atoms with Gasteiger partial charge in [-0.3, -0.25) is 9.59 Å². The molecular weight excluding hydrogens is 246 g/mol. The van der Waals surface area contributed by atoms with Gasteiger partial charge in [-0.1, -0.05) is 32.9 Å². The van der Waals surface area contributed by atoms with Crippen molar-refractivity contribution in [2.45, 2.75) is 34.1 Å². The molecule has 0 aromatic rings. The molecule has 18 heavy (non-hydrogen) atoms. The third-order valence-electron chi connectivity index (χ3n) is 2.86. The summed E-state index contributed by atoms with van der Waals surface area (Å²) in [5, 5.41) is 18.1. The molecule has 0 spiro atoms. The van der Waals surface area contributed by atoms with Crippen molar-refractivity contribution >= 4 is 11.9 Å². The number of rotatable bonds is 5. The molecule has 0 heterocycles. The summed E-state index contributed by atoms with van der Waals surface area (Å²) in [7, 11) is 0. The molecule has 0 fully saturated rings. The predicted octanol–water partition coefficient (Wildman–Crippen LogP) is 2.65. The van der Waals surface area contributed by atoms with Crippen molar-refractivity contribution in [2.24, 2.45) is 16.7 Å². The van der Waals surface area contributed by atoms with E-state index in [1.165, 1.54) is 39.8 Å². The van der Waals surface area contributed by atoms with Crippen LogP contribution in [-0.2, 0) is 9.59 Å². The van der Waals surface area contributed by atoms with E-state index in [1.54, 1.807) is 0 Å². The molecule has 0 radical (unpaired) electrons. The maximum atomic E-state index is 13.2. The van der Waals surface area contributed by atoms with E-state index >= 15 is 0 Å². The van der Waals surface area contributed by atoms with Crippen LogP contribution in [0.3, 0.4) is 0 Å². The maximum absolute atomic E-state index is 13.2. The van der Waals surface area contributed by atoms with E-state index in [2.05, 4.69) is 0 Å². The van der Waals surface area contributed by atoms with E-state index in [0.717, 1.165) is 0 Å². The zero-order valence-corrected chi connectivity index (χ0v) is 10.8. The van der Waals surface area contributed by atoms with Gasteiger partial charge in [0.2, 0.25) is 5.41 Å². The molecule has 104 valence electrons. The summed E-state index contributed by atoms with van der Waals surface area (Å²) >= 11 is 0. The lowest BCUT2D eigenvalue weighted by Crippen LogP contribution is -2.54. The number of hydrogen-bond donors (Lipinski definition) is 2. The van der Waals surface area contributed by atoms with Gasteiger partial charge in [-0.25, -0.2) is 8.78 Å². The lowest BCUT2D eigenvalue weighted by molar-refractivity contribution is -0.186. The molecule has 0 amide bonds. The van der Waals surface area contributed by atoms with E-state index in [4.69, 9.17) is 10.2 Å². The van der Waals surface area contributed by atoms with Crippen molar-refractivity contribution in [1.82, 2.24) is 0 Å². The molecule has 0 bridgehead atoms. The van der Waals surface area contributed by atoms with Crippen LogP contribution in [0.4, 0.5) is 8.78 Å². The van der Waals surface area contributed by atoms with Crippen LogP contribution in [0.2, 0.25) is 0 Å². The number of hydrogen-bond acceptors (Lipinski definition) is 2. The van der Waals surface area contributed by atoms with Crippen molar-refractivity contribution in [2.75, 3.05) is 0 Å². The molecule has 0 saturated carbocycles. The number of alkyl halides is 2. The molecule has 4 nitrogen and oxygen atoms in total. The second kappa shape index (κ2) is 5.46. The van der Waals surface area contributed by atoms with Gasteiger partial charge in [0.25, 0.3) is 6.43 Å². The summed E-state index contributed by atoms with van der Waals surface area (Å²) < 4.78 is 26.3. The Morgan fingerprint density at radius 2 is 1.50 bits per heavy atom. The van der Waals surface area contributed by atoms with Crippen LogP contribution in [0.15, 0.2) is 12.2 Å². The third-order valence-corrected chi connectivity index (χ3v) is 2.86. The van der Waals surface area contributed by atoms with Crippen LogP contribution in [0.1, 0.15) is 27.7 Å². The second-order valence-electron chi connectivity index (χ2n) is 5.15. The zero-order chi connectivity index (χ0) is 14.7. The standard InChI is InChI=1S/C12H18F2O4/c1-5-6-7(11(2,3)4)12(8(13)14,9(15)16)10(17)18/h5-8H,1-4H3,(H,15,16)(H,17,18). The predicted molar refractivity (Wildman–Crippen MR) is 61.5 cm³/mol. The van der Waals surface area contributed by atoms with Crippen LogP contribution in [-0.4, -0.2) is 28.6 Å². The fourth-order valence-electron chi connectivity index (χ4n) is 2.00. The van der Waals surface area contributed by atoms with Gasteiger partial charge in [-0.2, -0.15) is 0 Å². The minimum atomic E-state index is -3.51. The van der Waals surface area contributed by atoms with E-state index in [1.807, 2.05) is 0 Å². The highest BCUT2D eigenvalue weighted by Gasteiger charge is 2.62. The monoisotopic (exact) mass is 264 g/mol. The minimum Gasteiger partial charge on any atom is -0.480 e. The first-order chi connectivity index (χ1) is 8.02. The molecular formula is C12H18F2O4. The lowest BCUT2D eigenvalue weighted by Gasteiger charge is -2.39. The fraction of sp³-hybridized carbons (Fsp3) is 0.667. The smallest absolute Gasteiger partial charge is 0.327 e. The Morgan fingerprint density at radius 1 is 1.11 bits per heavy atom. The van der Waals surface area contributed by atoms with Gasteiger partial charge >= 0.3 is 11.9 Å². The SMILES string of the molecule is CC=CC(C(C)(C)C)C(C(=O)O)(C(=O)O)C(F)F. The van der Waals surface area contributed by atoms with Gasteiger partial charge in [-0.05, 0) is 12.3 Å². The molecule has 0 aliphatic rings. The highest BCUT2D eigenvalue weighted by atomic mass is 19.3. The highest BCUT2D eigenvalue weighted by Crippen LogP contribution is 2.46. The van der Waals surface area contributed by atoms with E-state index < -0.39 is 35.1 Å². The Hall–Kier alpha value is -1.46. The van der Waals surface area contributed by atoms with Crippen molar-refractivity contribution in [3.63, 3.8) is 0 Å². The molecule has 0 aromatic carbocycles. The molecule has 0 rings (SSSR count). The van der Waals surface area contributed by atoms with Crippen molar-refractivity contribution in [3.8, 4) is 0 Å². The summed E-state index contributed by atoms with van der Waals surface area (Å²) in [6.45, 7) is 6.11. The minimum absolute atomic E-state index is 0.931. The molecule has 1 unspecified atom stereocenters. The first-order valence-corrected chi connectivity index (χ1v) is 5.40. The third kappa shape index (κ3) is 2.68. The van der Waals surface area contributed by atoms with Gasteiger partial charge in [0.1, 0.15) is 0 Å². The average Bonchev–Trinajstić information content (AvgIpc) is 2.14. The normalized spacial score (nSPS) is 15.1. The Kier molecular flexibility index (Phi) is 5.01. The first-order valence-electron chi connectivity index (χ1n) is 5.40. The number of halogens is 2. The second-order valence-corrected chi connectivity index (χ2v) is 5.15. The zero-order valence-electron chi connectivity index (χ0n) is 10.8. The van der Waals surface area contributed by atoms with E-state index in [9.17, 15) is 18.4 Å². The summed E-state index contributed by atoms with van der Waals surface area (Å²) in [5.41, 5.74) is -4.07. The highest BCUT2D eigenvalue weighted by molar-refractivity contribution is 5.99. The van der Waals surface area contributed by atoms with Crippen LogP contribution >= 0.6 is 0 Å². The quantitative estimate of drug-likeness (QED) is 0.591.